The second kappa shape index (κ2) is 8.70. The van der Waals surface area contributed by atoms with Gasteiger partial charge in [-0.1, -0.05) is 24.3 Å². The molecule has 1 N–H and O–H groups in total. The molecule has 162 valence electrons. The largest absolute Gasteiger partial charge is 0.493 e. The number of rotatable bonds is 8. The van der Waals surface area contributed by atoms with Crippen molar-refractivity contribution in [2.45, 2.75) is 19.4 Å². The van der Waals surface area contributed by atoms with Crippen molar-refractivity contribution in [3.05, 3.63) is 72.4 Å². The minimum absolute atomic E-state index is 0.231. The normalized spacial score (nSPS) is 13.2. The zero-order chi connectivity index (χ0) is 21.9. The van der Waals surface area contributed by atoms with E-state index in [2.05, 4.69) is 15.3 Å². The quantitative estimate of drug-likeness (QED) is 0.440. The van der Waals surface area contributed by atoms with Gasteiger partial charge in [-0.3, -0.25) is 9.78 Å². The second-order valence-corrected chi connectivity index (χ2v) is 7.83. The van der Waals surface area contributed by atoms with Gasteiger partial charge >= 0.3 is 0 Å². The van der Waals surface area contributed by atoms with Crippen LogP contribution in [0.15, 0.2) is 65.4 Å². The van der Waals surface area contributed by atoms with E-state index in [1.807, 2.05) is 48.5 Å². The van der Waals surface area contributed by atoms with E-state index in [0.29, 0.717) is 41.3 Å². The second-order valence-electron chi connectivity index (χ2n) is 7.83. The molecule has 7 nitrogen and oxygen atoms in total. The summed E-state index contributed by atoms with van der Waals surface area (Å²) in [4.78, 5) is 21.5. The summed E-state index contributed by atoms with van der Waals surface area (Å²) in [6.07, 6.45) is 5.61. The Kier molecular flexibility index (Phi) is 5.46. The van der Waals surface area contributed by atoms with Gasteiger partial charge in [-0.05, 0) is 48.4 Å². The summed E-state index contributed by atoms with van der Waals surface area (Å²) in [6, 6.07) is 15.1. The summed E-state index contributed by atoms with van der Waals surface area (Å²) >= 11 is 0. The molecule has 0 aliphatic heterocycles. The average Bonchev–Trinajstić information content (AvgIpc) is 3.55. The predicted octanol–water partition coefficient (Wildman–Crippen LogP) is 4.62. The maximum Gasteiger partial charge on any atom is 0.270 e. The van der Waals surface area contributed by atoms with Crippen molar-refractivity contribution in [3.8, 4) is 23.0 Å². The van der Waals surface area contributed by atoms with Gasteiger partial charge in [0, 0.05) is 17.1 Å². The molecule has 0 unspecified atom stereocenters. The number of amides is 1. The Labute approximate surface area is 185 Å². The van der Waals surface area contributed by atoms with Gasteiger partial charge in [0.15, 0.2) is 11.5 Å². The summed E-state index contributed by atoms with van der Waals surface area (Å²) in [5.74, 6) is 2.18. The zero-order valence-corrected chi connectivity index (χ0v) is 17.7. The zero-order valence-electron chi connectivity index (χ0n) is 17.7. The third kappa shape index (κ3) is 4.27. The van der Waals surface area contributed by atoms with Crippen molar-refractivity contribution in [1.82, 2.24) is 15.3 Å². The van der Waals surface area contributed by atoms with Crippen LogP contribution in [0, 0.1) is 5.92 Å². The van der Waals surface area contributed by atoms with Crippen LogP contribution in [0.25, 0.3) is 22.2 Å². The van der Waals surface area contributed by atoms with Gasteiger partial charge in [0.05, 0.1) is 26.0 Å². The van der Waals surface area contributed by atoms with E-state index in [9.17, 15) is 4.79 Å². The van der Waals surface area contributed by atoms with Crippen molar-refractivity contribution in [2.24, 2.45) is 5.92 Å². The number of hydrogen-bond acceptors (Lipinski definition) is 6. The fourth-order valence-electron chi connectivity index (χ4n) is 3.49. The SMILES string of the molecule is COc1ccc(-c2nc(CNC(=O)c3nccc4ccccc34)co2)cc1OCC1CC1. The molecule has 0 bridgehead atoms. The molecule has 1 amide bonds. The number of pyridine rings is 1. The molecule has 7 heteroatoms. The number of carbonyl (C=O) groups is 1. The van der Waals surface area contributed by atoms with E-state index < -0.39 is 0 Å². The Morgan fingerprint density at radius 2 is 2.03 bits per heavy atom. The maximum absolute atomic E-state index is 12.7. The van der Waals surface area contributed by atoms with Crippen LogP contribution in [-0.4, -0.2) is 29.6 Å². The molecule has 2 heterocycles. The van der Waals surface area contributed by atoms with Gasteiger partial charge in [-0.15, -0.1) is 0 Å². The average molecular weight is 429 g/mol. The third-order valence-corrected chi connectivity index (χ3v) is 5.45. The summed E-state index contributed by atoms with van der Waals surface area (Å²) in [5, 5.41) is 4.65. The fourth-order valence-corrected chi connectivity index (χ4v) is 3.49. The first-order chi connectivity index (χ1) is 15.7. The molecule has 0 radical (unpaired) electrons. The molecule has 0 atom stereocenters. The molecule has 4 aromatic rings. The molecule has 2 aromatic carbocycles. The van der Waals surface area contributed by atoms with Crippen molar-refractivity contribution in [3.63, 3.8) is 0 Å². The van der Waals surface area contributed by atoms with Crippen LogP contribution in [0.2, 0.25) is 0 Å². The lowest BCUT2D eigenvalue weighted by Crippen LogP contribution is -2.24. The molecular formula is C25H23N3O4. The number of oxazole rings is 1. The molecule has 0 saturated heterocycles. The van der Waals surface area contributed by atoms with Crippen LogP contribution in [0.4, 0.5) is 0 Å². The standard InChI is InChI=1S/C25H23N3O4/c1-30-21-9-8-18(12-22(21)31-14-16-6-7-16)25-28-19(15-32-25)13-27-24(29)23-20-5-3-2-4-17(20)10-11-26-23/h2-5,8-12,15-16H,6-7,13-14H2,1H3,(H,27,29). The van der Waals surface area contributed by atoms with E-state index in [0.717, 1.165) is 16.3 Å². The number of methoxy groups -OCH3 is 1. The number of benzene rings is 2. The van der Waals surface area contributed by atoms with Crippen molar-refractivity contribution < 1.29 is 18.7 Å². The van der Waals surface area contributed by atoms with E-state index in [1.165, 1.54) is 12.8 Å². The molecular weight excluding hydrogens is 406 g/mol. The summed E-state index contributed by atoms with van der Waals surface area (Å²) in [5.41, 5.74) is 1.79. The molecule has 0 spiro atoms. The highest BCUT2D eigenvalue weighted by molar-refractivity contribution is 6.05. The number of nitrogens with zero attached hydrogens (tertiary/aromatic N) is 2. The minimum atomic E-state index is -0.258. The Balaban J connectivity index is 1.28. The summed E-state index contributed by atoms with van der Waals surface area (Å²) in [6.45, 7) is 0.916. The van der Waals surface area contributed by atoms with E-state index in [-0.39, 0.29) is 12.5 Å². The molecule has 2 aromatic heterocycles. The number of ether oxygens (including phenoxy) is 2. The van der Waals surface area contributed by atoms with Gasteiger partial charge < -0.3 is 19.2 Å². The van der Waals surface area contributed by atoms with Gasteiger partial charge in [0.1, 0.15) is 12.0 Å². The van der Waals surface area contributed by atoms with Crippen LogP contribution in [0.3, 0.4) is 0 Å². The van der Waals surface area contributed by atoms with E-state index in [1.54, 1.807) is 19.6 Å². The molecule has 1 saturated carbocycles. The number of nitrogens with one attached hydrogen (secondary N) is 1. The first kappa shape index (κ1) is 20.1. The lowest BCUT2D eigenvalue weighted by Gasteiger charge is -2.11. The van der Waals surface area contributed by atoms with Crippen LogP contribution in [0.5, 0.6) is 11.5 Å². The lowest BCUT2D eigenvalue weighted by molar-refractivity contribution is 0.0947. The minimum Gasteiger partial charge on any atom is -0.493 e. The van der Waals surface area contributed by atoms with E-state index in [4.69, 9.17) is 13.9 Å². The topological polar surface area (TPSA) is 86.5 Å². The van der Waals surface area contributed by atoms with Gasteiger partial charge in [0.25, 0.3) is 5.91 Å². The molecule has 1 aliphatic rings. The Morgan fingerprint density at radius 1 is 1.16 bits per heavy atom. The van der Waals surface area contributed by atoms with Gasteiger partial charge in [0.2, 0.25) is 5.89 Å². The van der Waals surface area contributed by atoms with Crippen LogP contribution in [-0.2, 0) is 6.54 Å². The summed E-state index contributed by atoms with van der Waals surface area (Å²) in [7, 11) is 1.62. The third-order valence-electron chi connectivity index (χ3n) is 5.45. The lowest BCUT2D eigenvalue weighted by atomic mass is 10.1. The number of carbonyl (C=O) groups excluding carboxylic acids is 1. The molecule has 1 aliphatic carbocycles. The Bertz CT molecular complexity index is 1260. The van der Waals surface area contributed by atoms with Crippen molar-refractivity contribution >= 4 is 16.7 Å². The monoisotopic (exact) mass is 429 g/mol. The molecule has 5 rings (SSSR count). The number of aromatic nitrogens is 2. The Hall–Kier alpha value is -3.87. The smallest absolute Gasteiger partial charge is 0.270 e. The van der Waals surface area contributed by atoms with Crippen molar-refractivity contribution in [1.29, 1.82) is 0 Å². The number of hydrogen-bond donors (Lipinski definition) is 1. The fraction of sp³-hybridized carbons (Fsp3) is 0.240. The molecule has 1 fully saturated rings. The highest BCUT2D eigenvalue weighted by Crippen LogP contribution is 2.35. The molecule has 32 heavy (non-hydrogen) atoms. The van der Waals surface area contributed by atoms with Crippen LogP contribution in [0.1, 0.15) is 29.0 Å². The van der Waals surface area contributed by atoms with Gasteiger partial charge in [-0.25, -0.2) is 4.98 Å². The Morgan fingerprint density at radius 3 is 2.88 bits per heavy atom. The maximum atomic E-state index is 12.7. The first-order valence-corrected chi connectivity index (χ1v) is 10.6. The number of fused-ring (bicyclic) bond motifs is 1. The van der Waals surface area contributed by atoms with Crippen LogP contribution < -0.4 is 14.8 Å². The first-order valence-electron chi connectivity index (χ1n) is 10.6. The summed E-state index contributed by atoms with van der Waals surface area (Å²) < 4.78 is 17.0. The van der Waals surface area contributed by atoms with E-state index >= 15 is 0 Å². The highest BCUT2D eigenvalue weighted by atomic mass is 16.5. The highest BCUT2D eigenvalue weighted by Gasteiger charge is 2.23. The predicted molar refractivity (Wildman–Crippen MR) is 120 cm³/mol. The van der Waals surface area contributed by atoms with Crippen LogP contribution >= 0.6 is 0 Å². The van der Waals surface area contributed by atoms with Gasteiger partial charge in [-0.2, -0.15) is 0 Å². The van der Waals surface area contributed by atoms with Crippen molar-refractivity contribution in [2.75, 3.05) is 13.7 Å².